The lowest BCUT2D eigenvalue weighted by Crippen LogP contribution is -2.35. The number of rotatable bonds is 5. The van der Waals surface area contributed by atoms with E-state index in [2.05, 4.69) is 10.3 Å². The van der Waals surface area contributed by atoms with Crippen LogP contribution in [-0.4, -0.2) is 44.5 Å². The number of anilines is 1. The summed E-state index contributed by atoms with van der Waals surface area (Å²) in [6.45, 7) is 3.52. The Morgan fingerprint density at radius 1 is 1.06 bits per heavy atom. The quantitative estimate of drug-likeness (QED) is 0.597. The van der Waals surface area contributed by atoms with Crippen LogP contribution in [0.15, 0.2) is 41.3 Å². The summed E-state index contributed by atoms with van der Waals surface area (Å²) in [6, 6.07) is 10.1. The molecule has 2 saturated carbocycles. The Hall–Kier alpha value is -3.22. The highest BCUT2D eigenvalue weighted by Crippen LogP contribution is 2.44. The van der Waals surface area contributed by atoms with Crippen LogP contribution in [0.3, 0.4) is 0 Å². The van der Waals surface area contributed by atoms with Crippen molar-refractivity contribution in [1.82, 2.24) is 19.4 Å². The predicted octanol–water partition coefficient (Wildman–Crippen LogP) is 4.38. The van der Waals surface area contributed by atoms with E-state index in [1.54, 1.807) is 10.8 Å². The molecule has 1 saturated heterocycles. The van der Waals surface area contributed by atoms with Gasteiger partial charge in [0.05, 0.1) is 0 Å². The summed E-state index contributed by atoms with van der Waals surface area (Å²) in [5, 5.41) is 4.31. The minimum atomic E-state index is -0.181. The van der Waals surface area contributed by atoms with Gasteiger partial charge in [-0.2, -0.15) is 4.98 Å². The number of benzene rings is 1. The minimum absolute atomic E-state index is 0.000908. The zero-order chi connectivity index (χ0) is 23.9. The molecule has 2 unspecified atom stereocenters. The van der Waals surface area contributed by atoms with E-state index in [1.807, 2.05) is 42.2 Å². The zero-order valence-electron chi connectivity index (χ0n) is 20.4. The molecule has 3 fully saturated rings. The van der Waals surface area contributed by atoms with Crippen LogP contribution in [0.1, 0.15) is 50.5 Å². The van der Waals surface area contributed by atoms with Crippen LogP contribution < -0.4 is 10.9 Å². The second kappa shape index (κ2) is 9.10. The molecular formula is C28H33N5O2. The van der Waals surface area contributed by atoms with Crippen molar-refractivity contribution in [2.45, 2.75) is 64.5 Å². The third kappa shape index (κ3) is 4.21. The number of hydrogen-bond donors (Lipinski definition) is 1. The number of nitrogens with one attached hydrogen (secondary N) is 1. The number of carbonyl (C=O) groups excluding carboxylic acids is 1. The number of carbonyl (C=O) groups is 1. The topological polar surface area (TPSA) is 80.1 Å². The average Bonchev–Trinajstić information content (AvgIpc) is 3.60. The molecule has 1 aliphatic heterocycles. The first-order valence-electron chi connectivity index (χ1n) is 13.1. The number of fused-ring (bicyclic) bond motifs is 2. The molecule has 0 radical (unpaired) electrons. The minimum Gasteiger partial charge on any atom is -0.351 e. The van der Waals surface area contributed by atoms with Gasteiger partial charge in [-0.05, 0) is 61.6 Å². The van der Waals surface area contributed by atoms with E-state index < -0.39 is 0 Å². The third-order valence-corrected chi connectivity index (χ3v) is 8.34. The fourth-order valence-corrected chi connectivity index (χ4v) is 6.51. The van der Waals surface area contributed by atoms with Crippen LogP contribution in [-0.2, 0) is 11.3 Å². The number of likely N-dealkylation sites (tertiary alicyclic amines) is 1. The second-order valence-corrected chi connectivity index (χ2v) is 10.6. The van der Waals surface area contributed by atoms with Gasteiger partial charge in [-0.3, -0.25) is 14.2 Å². The fourth-order valence-electron chi connectivity index (χ4n) is 6.51. The zero-order valence-corrected chi connectivity index (χ0v) is 20.4. The van der Waals surface area contributed by atoms with Crippen molar-refractivity contribution >= 4 is 22.9 Å². The van der Waals surface area contributed by atoms with Crippen LogP contribution in [0.25, 0.3) is 22.2 Å². The molecule has 182 valence electrons. The average molecular weight is 472 g/mol. The lowest BCUT2D eigenvalue weighted by Gasteiger charge is -2.19. The Morgan fingerprint density at radius 3 is 2.54 bits per heavy atom. The van der Waals surface area contributed by atoms with E-state index in [0.29, 0.717) is 23.2 Å². The smallest absolute Gasteiger partial charge is 0.260 e. The second-order valence-electron chi connectivity index (χ2n) is 10.6. The van der Waals surface area contributed by atoms with E-state index in [4.69, 9.17) is 4.98 Å². The Labute approximate surface area is 205 Å². The van der Waals surface area contributed by atoms with Gasteiger partial charge in [0.2, 0.25) is 11.9 Å². The Balaban J connectivity index is 1.39. The van der Waals surface area contributed by atoms with Crippen LogP contribution in [0.5, 0.6) is 0 Å². The van der Waals surface area contributed by atoms with Crippen molar-refractivity contribution in [3.63, 3.8) is 0 Å². The highest BCUT2D eigenvalue weighted by molar-refractivity contribution is 5.84. The first kappa shape index (κ1) is 22.3. The van der Waals surface area contributed by atoms with Gasteiger partial charge in [0.25, 0.3) is 5.56 Å². The molecule has 7 heteroatoms. The standard InChI is InChI=1S/C28H33N5O2/c1-18-7-2-3-10-23(18)24-15-21-16-29-28(30-22-13-19-8-6-9-20(19)14-22)31-26(21)33(27(24)35)17-25(34)32-11-4-5-12-32/h2-3,7,10,15-16,19-20,22H,4-6,8-9,11-14,17H2,1H3,(H,29,30,31). The van der Waals surface area contributed by atoms with Crippen molar-refractivity contribution in [3.8, 4) is 11.1 Å². The summed E-state index contributed by atoms with van der Waals surface area (Å²) in [5.41, 5.74) is 2.82. The van der Waals surface area contributed by atoms with Crippen molar-refractivity contribution in [2.75, 3.05) is 18.4 Å². The van der Waals surface area contributed by atoms with Gasteiger partial charge in [0, 0.05) is 36.3 Å². The van der Waals surface area contributed by atoms with Gasteiger partial charge in [-0.25, -0.2) is 4.98 Å². The summed E-state index contributed by atoms with van der Waals surface area (Å²) < 4.78 is 1.56. The number of pyridine rings is 1. The largest absolute Gasteiger partial charge is 0.351 e. The molecule has 2 aromatic heterocycles. The van der Waals surface area contributed by atoms with E-state index in [-0.39, 0.29) is 18.0 Å². The van der Waals surface area contributed by atoms with Gasteiger partial charge in [-0.15, -0.1) is 0 Å². The molecule has 2 atom stereocenters. The van der Waals surface area contributed by atoms with Crippen LogP contribution >= 0.6 is 0 Å². The molecule has 1 aromatic carbocycles. The maximum absolute atomic E-state index is 13.8. The molecule has 1 amide bonds. The van der Waals surface area contributed by atoms with E-state index in [0.717, 1.165) is 54.3 Å². The lowest BCUT2D eigenvalue weighted by atomic mass is 10.0. The van der Waals surface area contributed by atoms with Gasteiger partial charge < -0.3 is 10.2 Å². The Kier molecular flexibility index (Phi) is 5.78. The summed E-state index contributed by atoms with van der Waals surface area (Å²) in [5.74, 6) is 2.17. The first-order valence-corrected chi connectivity index (χ1v) is 13.1. The summed E-state index contributed by atoms with van der Waals surface area (Å²) in [4.78, 5) is 38.2. The maximum Gasteiger partial charge on any atom is 0.260 e. The number of aromatic nitrogens is 3. The molecular weight excluding hydrogens is 438 g/mol. The van der Waals surface area contributed by atoms with E-state index >= 15 is 0 Å². The molecule has 3 heterocycles. The van der Waals surface area contributed by atoms with E-state index in [9.17, 15) is 9.59 Å². The Morgan fingerprint density at radius 2 is 1.80 bits per heavy atom. The number of amides is 1. The first-order chi connectivity index (χ1) is 17.1. The highest BCUT2D eigenvalue weighted by atomic mass is 16.2. The monoisotopic (exact) mass is 471 g/mol. The lowest BCUT2D eigenvalue weighted by molar-refractivity contribution is -0.130. The van der Waals surface area contributed by atoms with Gasteiger partial charge in [0.15, 0.2) is 0 Å². The van der Waals surface area contributed by atoms with Crippen molar-refractivity contribution < 1.29 is 4.79 Å². The maximum atomic E-state index is 13.8. The predicted molar refractivity (Wildman–Crippen MR) is 137 cm³/mol. The number of hydrogen-bond acceptors (Lipinski definition) is 5. The number of nitrogens with zero attached hydrogens (tertiary/aromatic N) is 4. The van der Waals surface area contributed by atoms with Gasteiger partial charge in [-0.1, -0.05) is 43.5 Å². The highest BCUT2D eigenvalue weighted by Gasteiger charge is 2.37. The molecule has 3 aliphatic rings. The van der Waals surface area contributed by atoms with Crippen molar-refractivity contribution in [2.24, 2.45) is 11.8 Å². The van der Waals surface area contributed by atoms with Crippen molar-refractivity contribution in [1.29, 1.82) is 0 Å². The third-order valence-electron chi connectivity index (χ3n) is 8.34. The molecule has 2 aliphatic carbocycles. The fraction of sp³-hybridized carbons (Fsp3) is 0.500. The molecule has 0 spiro atoms. The summed E-state index contributed by atoms with van der Waals surface area (Å²) in [6.07, 6.45) is 10.2. The van der Waals surface area contributed by atoms with Gasteiger partial charge >= 0.3 is 0 Å². The normalized spacial score (nSPS) is 23.7. The van der Waals surface area contributed by atoms with Crippen LogP contribution in [0.2, 0.25) is 0 Å². The van der Waals surface area contributed by atoms with Crippen LogP contribution in [0.4, 0.5) is 5.95 Å². The summed E-state index contributed by atoms with van der Waals surface area (Å²) >= 11 is 0. The van der Waals surface area contributed by atoms with Crippen molar-refractivity contribution in [3.05, 3.63) is 52.4 Å². The molecule has 0 bridgehead atoms. The van der Waals surface area contributed by atoms with E-state index in [1.165, 1.54) is 32.1 Å². The van der Waals surface area contributed by atoms with Gasteiger partial charge in [0.1, 0.15) is 12.2 Å². The number of aryl methyl sites for hydroxylation is 1. The SMILES string of the molecule is Cc1ccccc1-c1cc2cnc(NC3CC4CCCC4C3)nc2n(CC(=O)N2CCCC2)c1=O. The molecule has 35 heavy (non-hydrogen) atoms. The Bertz CT molecular complexity index is 1310. The molecule has 7 nitrogen and oxygen atoms in total. The molecule has 1 N–H and O–H groups in total. The van der Waals surface area contributed by atoms with Crippen LogP contribution in [0, 0.1) is 18.8 Å². The molecule has 6 rings (SSSR count). The summed E-state index contributed by atoms with van der Waals surface area (Å²) in [7, 11) is 0. The molecule has 3 aromatic rings.